The highest BCUT2D eigenvalue weighted by Gasteiger charge is 2.41. The molecule has 0 bridgehead atoms. The van der Waals surface area contributed by atoms with Crippen LogP contribution in [-0.2, 0) is 9.68 Å². The van der Waals surface area contributed by atoms with E-state index in [2.05, 4.69) is 0 Å². The van der Waals surface area contributed by atoms with E-state index in [1.807, 2.05) is 13.8 Å². The van der Waals surface area contributed by atoms with Gasteiger partial charge in [0.05, 0.1) is 10.3 Å². The Morgan fingerprint density at radius 1 is 1.33 bits per heavy atom. The summed E-state index contributed by atoms with van der Waals surface area (Å²) < 4.78 is 0. The number of carbonyl (C=O) groups is 1. The van der Waals surface area contributed by atoms with Gasteiger partial charge in [0.1, 0.15) is 0 Å². The van der Waals surface area contributed by atoms with Crippen LogP contribution in [0.5, 0.6) is 5.75 Å². The molecule has 1 aromatic rings. The molecule has 0 fully saturated rings. The van der Waals surface area contributed by atoms with Crippen molar-refractivity contribution < 1.29 is 19.5 Å². The number of benzene rings is 1. The molecule has 21 heavy (non-hydrogen) atoms. The van der Waals surface area contributed by atoms with Crippen molar-refractivity contribution in [1.29, 1.82) is 0 Å². The molecular weight excluding hydrogens is 276 g/mol. The second-order valence-electron chi connectivity index (χ2n) is 4.86. The van der Waals surface area contributed by atoms with Crippen LogP contribution < -0.4 is 10.6 Å². The monoisotopic (exact) mass is 296 g/mol. The lowest BCUT2D eigenvalue weighted by Gasteiger charge is -2.31. The Morgan fingerprint density at radius 3 is 2.24 bits per heavy atom. The van der Waals surface area contributed by atoms with Crippen molar-refractivity contribution in [2.75, 3.05) is 0 Å². The van der Waals surface area contributed by atoms with Gasteiger partial charge in [0.15, 0.2) is 5.75 Å². The molecule has 1 atom stereocenters. The average molecular weight is 296 g/mol. The summed E-state index contributed by atoms with van der Waals surface area (Å²) in [6.07, 6.45) is 1.06. The van der Waals surface area contributed by atoms with E-state index in [0.29, 0.717) is 12.8 Å². The van der Waals surface area contributed by atoms with Gasteiger partial charge in [-0.1, -0.05) is 13.8 Å². The van der Waals surface area contributed by atoms with Crippen LogP contribution in [0.25, 0.3) is 0 Å². The van der Waals surface area contributed by atoms with Crippen molar-refractivity contribution in [2.45, 2.75) is 39.7 Å². The summed E-state index contributed by atoms with van der Waals surface area (Å²) in [5, 5.41) is 10.5. The molecule has 0 saturated heterocycles. The Balaban J connectivity index is 2.73. The SMILES string of the molecule is CCC(CC)(C(=O)OOc1ccc([N+](=O)[O-])cc1)C(C)N. The Bertz CT molecular complexity index is 495. The molecule has 1 aromatic carbocycles. The highest BCUT2D eigenvalue weighted by molar-refractivity contribution is 5.77. The molecule has 0 amide bonds. The van der Waals surface area contributed by atoms with Gasteiger partial charge in [-0.3, -0.25) is 15.0 Å². The first-order valence-corrected chi connectivity index (χ1v) is 6.76. The number of nitro groups is 1. The maximum atomic E-state index is 12.2. The summed E-state index contributed by atoms with van der Waals surface area (Å²) in [6.45, 7) is 5.47. The van der Waals surface area contributed by atoms with E-state index < -0.39 is 16.3 Å². The van der Waals surface area contributed by atoms with Gasteiger partial charge in [-0.25, -0.2) is 9.68 Å². The fourth-order valence-electron chi connectivity index (χ4n) is 2.16. The van der Waals surface area contributed by atoms with Crippen molar-refractivity contribution in [3.05, 3.63) is 34.4 Å². The van der Waals surface area contributed by atoms with Crippen molar-refractivity contribution in [1.82, 2.24) is 0 Å². The molecule has 0 saturated carbocycles. The van der Waals surface area contributed by atoms with Crippen LogP contribution in [0, 0.1) is 15.5 Å². The molecular formula is C14H20N2O5. The predicted molar refractivity (Wildman–Crippen MR) is 76.5 cm³/mol. The molecule has 1 rings (SSSR count). The number of nitrogens with two attached hydrogens (primary N) is 1. The van der Waals surface area contributed by atoms with Crippen molar-refractivity contribution in [3.63, 3.8) is 0 Å². The number of non-ortho nitro benzene ring substituents is 1. The summed E-state index contributed by atoms with van der Waals surface area (Å²) in [5.74, 6) is -0.333. The fraction of sp³-hybridized carbons (Fsp3) is 0.500. The Hall–Kier alpha value is -2.15. The van der Waals surface area contributed by atoms with Gasteiger partial charge in [-0.2, -0.15) is 0 Å². The number of rotatable bonds is 7. The van der Waals surface area contributed by atoms with E-state index >= 15 is 0 Å². The highest BCUT2D eigenvalue weighted by Crippen LogP contribution is 2.31. The third kappa shape index (κ3) is 3.69. The molecule has 116 valence electrons. The molecule has 2 N–H and O–H groups in total. The number of carbonyl (C=O) groups excluding carboxylic acids is 1. The smallest absolute Gasteiger partial charge is 0.327 e. The Kier molecular flexibility index (Phi) is 5.66. The van der Waals surface area contributed by atoms with E-state index in [0.717, 1.165) is 0 Å². The maximum Gasteiger partial charge on any atom is 0.363 e. The van der Waals surface area contributed by atoms with Gasteiger partial charge < -0.3 is 5.73 Å². The number of hydrogen-bond acceptors (Lipinski definition) is 6. The normalized spacial score (nSPS) is 12.6. The van der Waals surface area contributed by atoms with Crippen molar-refractivity contribution in [3.8, 4) is 5.75 Å². The average Bonchev–Trinajstić information content (AvgIpc) is 2.47. The third-order valence-corrected chi connectivity index (χ3v) is 3.80. The molecule has 7 nitrogen and oxygen atoms in total. The van der Waals surface area contributed by atoms with Gasteiger partial charge in [0.25, 0.3) is 5.69 Å². The van der Waals surface area contributed by atoms with E-state index in [-0.39, 0.29) is 17.5 Å². The van der Waals surface area contributed by atoms with Crippen LogP contribution in [0.2, 0.25) is 0 Å². The van der Waals surface area contributed by atoms with Gasteiger partial charge in [-0.05, 0) is 31.9 Å². The number of nitrogens with zero attached hydrogens (tertiary/aromatic N) is 1. The van der Waals surface area contributed by atoms with Gasteiger partial charge in [0.2, 0.25) is 0 Å². The second-order valence-corrected chi connectivity index (χ2v) is 4.86. The Morgan fingerprint density at radius 2 is 1.86 bits per heavy atom. The number of hydrogen-bond donors (Lipinski definition) is 1. The second kappa shape index (κ2) is 7.03. The molecule has 0 aliphatic rings. The van der Waals surface area contributed by atoms with E-state index in [1.165, 1.54) is 24.3 Å². The molecule has 0 radical (unpaired) electrons. The van der Waals surface area contributed by atoms with Gasteiger partial charge >= 0.3 is 5.97 Å². The van der Waals surface area contributed by atoms with Crippen LogP contribution >= 0.6 is 0 Å². The standard InChI is InChI=1S/C14H20N2O5/c1-4-14(5-2,10(3)15)13(17)21-20-12-8-6-11(7-9-12)16(18)19/h6-10H,4-5,15H2,1-3H3. The van der Waals surface area contributed by atoms with Crippen LogP contribution in [-0.4, -0.2) is 16.9 Å². The first-order valence-electron chi connectivity index (χ1n) is 6.76. The molecule has 7 heteroatoms. The topological polar surface area (TPSA) is 105 Å². The van der Waals surface area contributed by atoms with Crippen LogP contribution in [0.1, 0.15) is 33.6 Å². The van der Waals surface area contributed by atoms with Gasteiger partial charge in [-0.15, -0.1) is 0 Å². The molecule has 1 unspecified atom stereocenters. The largest absolute Gasteiger partial charge is 0.363 e. The summed E-state index contributed by atoms with van der Waals surface area (Å²) >= 11 is 0. The molecule has 0 spiro atoms. The van der Waals surface area contributed by atoms with E-state index in [9.17, 15) is 14.9 Å². The fourth-order valence-corrected chi connectivity index (χ4v) is 2.16. The molecule has 0 heterocycles. The van der Waals surface area contributed by atoms with Crippen molar-refractivity contribution in [2.24, 2.45) is 11.1 Å². The molecule has 0 aliphatic heterocycles. The maximum absolute atomic E-state index is 12.2. The lowest BCUT2D eigenvalue weighted by atomic mass is 9.76. The Labute approximate surface area is 123 Å². The molecule has 0 aliphatic carbocycles. The van der Waals surface area contributed by atoms with Crippen LogP contribution in [0.3, 0.4) is 0 Å². The van der Waals surface area contributed by atoms with Crippen molar-refractivity contribution >= 4 is 11.7 Å². The van der Waals surface area contributed by atoms with E-state index in [4.69, 9.17) is 15.5 Å². The molecule has 0 aromatic heterocycles. The minimum Gasteiger partial charge on any atom is -0.327 e. The van der Waals surface area contributed by atoms with Crippen LogP contribution in [0.4, 0.5) is 5.69 Å². The highest BCUT2D eigenvalue weighted by atomic mass is 17.2. The third-order valence-electron chi connectivity index (χ3n) is 3.80. The van der Waals surface area contributed by atoms with Gasteiger partial charge in [0, 0.05) is 18.2 Å². The zero-order chi connectivity index (χ0) is 16.0. The first kappa shape index (κ1) is 16.9. The minimum absolute atomic E-state index is 0.0688. The van der Waals surface area contributed by atoms with E-state index in [1.54, 1.807) is 6.92 Å². The minimum atomic E-state index is -0.805. The number of nitro benzene ring substituents is 1. The predicted octanol–water partition coefficient (Wildman–Crippen LogP) is 2.59. The lowest BCUT2D eigenvalue weighted by Crippen LogP contribution is -2.46. The summed E-state index contributed by atoms with van der Waals surface area (Å²) in [7, 11) is 0. The summed E-state index contributed by atoms with van der Waals surface area (Å²) in [5.41, 5.74) is 5.01. The quantitative estimate of drug-likeness (QED) is 0.471. The first-order chi connectivity index (χ1) is 9.87. The summed E-state index contributed by atoms with van der Waals surface area (Å²) in [6, 6.07) is 4.87. The summed E-state index contributed by atoms with van der Waals surface area (Å²) in [4.78, 5) is 32.0. The van der Waals surface area contributed by atoms with Crippen LogP contribution in [0.15, 0.2) is 24.3 Å². The lowest BCUT2D eigenvalue weighted by molar-refractivity contribution is -0.384. The zero-order valence-corrected chi connectivity index (χ0v) is 12.4. The zero-order valence-electron chi connectivity index (χ0n) is 12.4.